The standard InChI is InChI=1S/C23H30F2N2O3/c1-3-27(21-13-11-20(25)12-14-21)15-5-4-6-18(23(28)26-29)16-22(30-2)17-7-9-19(24)10-8-17/h7-14,18,22,29H,3-6,15-16H2,1-2H3,(H,26,28)/t18-,22+/m0/s1. The highest BCUT2D eigenvalue weighted by molar-refractivity contribution is 5.77. The lowest BCUT2D eigenvalue weighted by Gasteiger charge is -2.24. The third kappa shape index (κ3) is 7.07. The molecule has 0 bridgehead atoms. The van der Waals surface area contributed by atoms with Gasteiger partial charge in [0.05, 0.1) is 6.10 Å². The van der Waals surface area contributed by atoms with Crippen LogP contribution >= 0.6 is 0 Å². The molecular formula is C23H30F2N2O3. The molecule has 2 atom stereocenters. The number of hydrogen-bond acceptors (Lipinski definition) is 4. The molecule has 0 aliphatic carbocycles. The fourth-order valence-corrected chi connectivity index (χ4v) is 3.57. The van der Waals surface area contributed by atoms with Gasteiger partial charge in [-0.25, -0.2) is 14.3 Å². The van der Waals surface area contributed by atoms with Gasteiger partial charge in [0.15, 0.2) is 0 Å². The minimum absolute atomic E-state index is 0.262. The Hall–Kier alpha value is -2.51. The first-order valence-corrected chi connectivity index (χ1v) is 10.2. The molecule has 0 spiro atoms. The number of hydrogen-bond donors (Lipinski definition) is 2. The largest absolute Gasteiger partial charge is 0.377 e. The van der Waals surface area contributed by atoms with Gasteiger partial charge in [-0.2, -0.15) is 0 Å². The number of benzene rings is 2. The monoisotopic (exact) mass is 420 g/mol. The maximum absolute atomic E-state index is 13.2. The molecule has 0 heterocycles. The number of carbonyl (C=O) groups excluding carboxylic acids is 1. The summed E-state index contributed by atoms with van der Waals surface area (Å²) in [5, 5.41) is 9.12. The van der Waals surface area contributed by atoms with Crippen LogP contribution in [0.25, 0.3) is 0 Å². The quantitative estimate of drug-likeness (QED) is 0.292. The van der Waals surface area contributed by atoms with E-state index in [9.17, 15) is 13.6 Å². The number of ether oxygens (including phenoxy) is 1. The molecule has 0 radical (unpaired) electrons. The topological polar surface area (TPSA) is 61.8 Å². The van der Waals surface area contributed by atoms with E-state index in [0.717, 1.165) is 37.2 Å². The molecular weight excluding hydrogens is 390 g/mol. The number of rotatable bonds is 12. The van der Waals surface area contributed by atoms with E-state index in [4.69, 9.17) is 9.94 Å². The van der Waals surface area contributed by atoms with E-state index in [0.29, 0.717) is 12.8 Å². The van der Waals surface area contributed by atoms with E-state index in [2.05, 4.69) is 4.90 Å². The van der Waals surface area contributed by atoms with Crippen LogP contribution in [-0.2, 0) is 9.53 Å². The number of carbonyl (C=O) groups is 1. The number of amides is 1. The first kappa shape index (κ1) is 23.8. The van der Waals surface area contributed by atoms with Gasteiger partial charge in [0.2, 0.25) is 5.91 Å². The van der Waals surface area contributed by atoms with Crippen LogP contribution in [0.2, 0.25) is 0 Å². The maximum Gasteiger partial charge on any atom is 0.246 e. The minimum Gasteiger partial charge on any atom is -0.377 e. The van der Waals surface area contributed by atoms with Gasteiger partial charge in [-0.15, -0.1) is 0 Å². The van der Waals surface area contributed by atoms with E-state index < -0.39 is 11.8 Å². The van der Waals surface area contributed by atoms with Gasteiger partial charge in [-0.05, 0) is 68.1 Å². The van der Waals surface area contributed by atoms with Crippen LogP contribution in [0.4, 0.5) is 14.5 Å². The normalized spacial score (nSPS) is 13.0. The number of hydroxylamine groups is 1. The Morgan fingerprint density at radius 3 is 2.20 bits per heavy atom. The van der Waals surface area contributed by atoms with E-state index in [1.807, 2.05) is 6.92 Å². The highest BCUT2D eigenvalue weighted by Gasteiger charge is 2.24. The number of unbranched alkanes of at least 4 members (excludes halogenated alkanes) is 1. The number of halogens is 2. The Bertz CT molecular complexity index is 769. The summed E-state index contributed by atoms with van der Waals surface area (Å²) >= 11 is 0. The molecule has 0 aromatic heterocycles. The average Bonchev–Trinajstić information content (AvgIpc) is 2.77. The fourth-order valence-electron chi connectivity index (χ4n) is 3.57. The second-order valence-corrected chi connectivity index (χ2v) is 7.24. The minimum atomic E-state index is -0.454. The van der Waals surface area contributed by atoms with Gasteiger partial charge >= 0.3 is 0 Å². The summed E-state index contributed by atoms with van der Waals surface area (Å²) in [5.74, 6) is -1.49. The first-order chi connectivity index (χ1) is 14.5. The second kappa shape index (κ2) is 12.2. The van der Waals surface area contributed by atoms with E-state index in [1.165, 1.54) is 24.3 Å². The smallest absolute Gasteiger partial charge is 0.246 e. The van der Waals surface area contributed by atoms with Gasteiger partial charge < -0.3 is 9.64 Å². The second-order valence-electron chi connectivity index (χ2n) is 7.24. The van der Waals surface area contributed by atoms with Crippen LogP contribution in [0.5, 0.6) is 0 Å². The van der Waals surface area contributed by atoms with Crippen molar-refractivity contribution in [1.29, 1.82) is 0 Å². The van der Waals surface area contributed by atoms with Gasteiger partial charge in [0.25, 0.3) is 0 Å². The summed E-state index contributed by atoms with van der Waals surface area (Å²) < 4.78 is 31.8. The lowest BCUT2D eigenvalue weighted by Crippen LogP contribution is -2.30. The van der Waals surface area contributed by atoms with Gasteiger partial charge in [0, 0.05) is 31.8 Å². The third-order valence-electron chi connectivity index (χ3n) is 5.31. The van der Waals surface area contributed by atoms with Crippen LogP contribution in [0, 0.1) is 17.6 Å². The molecule has 2 N–H and O–H groups in total. The molecule has 0 fully saturated rings. The van der Waals surface area contributed by atoms with Crippen molar-refractivity contribution in [2.24, 2.45) is 5.92 Å². The van der Waals surface area contributed by atoms with E-state index in [1.54, 1.807) is 36.9 Å². The highest BCUT2D eigenvalue weighted by Crippen LogP contribution is 2.28. The van der Waals surface area contributed by atoms with Gasteiger partial charge in [0.1, 0.15) is 11.6 Å². The molecule has 30 heavy (non-hydrogen) atoms. The number of anilines is 1. The van der Waals surface area contributed by atoms with Crippen molar-refractivity contribution >= 4 is 11.6 Å². The number of nitrogens with one attached hydrogen (secondary N) is 1. The molecule has 0 aliphatic heterocycles. The zero-order valence-electron chi connectivity index (χ0n) is 17.5. The summed E-state index contributed by atoms with van der Waals surface area (Å²) in [6, 6.07) is 12.4. The zero-order valence-corrected chi connectivity index (χ0v) is 17.5. The van der Waals surface area contributed by atoms with E-state index in [-0.39, 0.29) is 17.7 Å². The van der Waals surface area contributed by atoms with E-state index >= 15 is 0 Å². The van der Waals surface area contributed by atoms with Crippen molar-refractivity contribution in [3.8, 4) is 0 Å². The molecule has 5 nitrogen and oxygen atoms in total. The molecule has 164 valence electrons. The molecule has 0 aliphatic rings. The first-order valence-electron chi connectivity index (χ1n) is 10.2. The Labute approximate surface area is 176 Å². The SMILES string of the molecule is CCN(CCCC[C@@H](C[C@@H](OC)c1ccc(F)cc1)C(=O)NO)c1ccc(F)cc1. The van der Waals surface area contributed by atoms with Crippen LogP contribution < -0.4 is 10.4 Å². The van der Waals surface area contributed by atoms with Crippen molar-refractivity contribution < 1.29 is 23.5 Å². The van der Waals surface area contributed by atoms with Crippen molar-refractivity contribution in [3.63, 3.8) is 0 Å². The van der Waals surface area contributed by atoms with Crippen molar-refractivity contribution in [1.82, 2.24) is 5.48 Å². The van der Waals surface area contributed by atoms with Crippen LogP contribution in [0.1, 0.15) is 44.3 Å². The third-order valence-corrected chi connectivity index (χ3v) is 5.31. The van der Waals surface area contributed by atoms with Crippen LogP contribution in [-0.4, -0.2) is 31.3 Å². The van der Waals surface area contributed by atoms with Crippen LogP contribution in [0.3, 0.4) is 0 Å². The summed E-state index contributed by atoms with van der Waals surface area (Å²) in [5.41, 5.74) is 3.49. The Morgan fingerprint density at radius 1 is 1.07 bits per heavy atom. The van der Waals surface area contributed by atoms with Crippen molar-refractivity contribution in [2.75, 3.05) is 25.1 Å². The molecule has 0 unspecified atom stereocenters. The maximum atomic E-state index is 13.2. The molecule has 0 saturated heterocycles. The predicted molar refractivity (Wildman–Crippen MR) is 112 cm³/mol. The number of nitrogens with zero attached hydrogens (tertiary/aromatic N) is 1. The molecule has 2 aromatic carbocycles. The average molecular weight is 421 g/mol. The Morgan fingerprint density at radius 2 is 1.67 bits per heavy atom. The molecule has 2 aromatic rings. The predicted octanol–water partition coefficient (Wildman–Crippen LogP) is 4.86. The van der Waals surface area contributed by atoms with Gasteiger partial charge in [-0.1, -0.05) is 18.6 Å². The summed E-state index contributed by atoms with van der Waals surface area (Å²) in [6.07, 6.45) is 2.20. The molecule has 7 heteroatoms. The number of methoxy groups -OCH3 is 1. The Kier molecular flexibility index (Phi) is 9.70. The Balaban J connectivity index is 1.91. The summed E-state index contributed by atoms with van der Waals surface area (Å²) in [4.78, 5) is 14.3. The molecule has 1 amide bonds. The van der Waals surface area contributed by atoms with Crippen molar-refractivity contribution in [3.05, 3.63) is 65.7 Å². The van der Waals surface area contributed by atoms with Crippen molar-refractivity contribution in [2.45, 2.75) is 38.7 Å². The summed E-state index contributed by atoms with van der Waals surface area (Å²) in [7, 11) is 1.55. The lowest BCUT2D eigenvalue weighted by molar-refractivity contribution is -0.135. The van der Waals surface area contributed by atoms with Gasteiger partial charge in [-0.3, -0.25) is 10.0 Å². The summed E-state index contributed by atoms with van der Waals surface area (Å²) in [6.45, 7) is 3.61. The molecule has 0 saturated carbocycles. The fraction of sp³-hybridized carbons (Fsp3) is 0.435. The molecule has 2 rings (SSSR count). The zero-order chi connectivity index (χ0) is 21.9. The van der Waals surface area contributed by atoms with Crippen LogP contribution in [0.15, 0.2) is 48.5 Å². The lowest BCUT2D eigenvalue weighted by atomic mass is 9.91. The highest BCUT2D eigenvalue weighted by atomic mass is 19.1.